The lowest BCUT2D eigenvalue weighted by Gasteiger charge is -2.32. The predicted molar refractivity (Wildman–Crippen MR) is 94.6 cm³/mol. The molecule has 11 nitrogen and oxygen atoms in total. The monoisotopic (exact) mass is 370 g/mol. The molecule has 11 heteroatoms. The van der Waals surface area contributed by atoms with Crippen LogP contribution in [-0.4, -0.2) is 20.0 Å². The Morgan fingerprint density at radius 1 is 1.11 bits per heavy atom. The van der Waals surface area contributed by atoms with Crippen molar-refractivity contribution < 1.29 is 9.72 Å². The van der Waals surface area contributed by atoms with Crippen LogP contribution in [0.25, 0.3) is 0 Å². The van der Waals surface area contributed by atoms with Crippen molar-refractivity contribution in [3.05, 3.63) is 77.9 Å². The van der Waals surface area contributed by atoms with E-state index in [9.17, 15) is 24.5 Å². The summed E-state index contributed by atoms with van der Waals surface area (Å²) in [4.78, 5) is 49.6. The molecule has 1 aromatic heterocycles. The summed E-state index contributed by atoms with van der Waals surface area (Å²) < 4.78 is 1.89. The van der Waals surface area contributed by atoms with Gasteiger partial charge in [0.1, 0.15) is 5.82 Å². The fraction of sp³-hybridized carbons (Fsp3) is 0.188. The SMILES string of the molecule is Cn1c2c(c(=O)n(C)c1=O)[C@]1(C(=O)Nc3ccccc31)C([N+](=O)[O-])=C(N)N2. The minimum atomic E-state index is -2.08. The van der Waals surface area contributed by atoms with E-state index in [2.05, 4.69) is 10.6 Å². The smallest absolute Gasteiger partial charge is 0.332 e. The zero-order valence-corrected chi connectivity index (χ0v) is 14.3. The summed E-state index contributed by atoms with van der Waals surface area (Å²) in [6.07, 6.45) is 0. The molecule has 0 unspecified atom stereocenters. The van der Waals surface area contributed by atoms with Crippen LogP contribution < -0.4 is 27.6 Å². The first-order valence-corrected chi connectivity index (χ1v) is 7.86. The highest BCUT2D eigenvalue weighted by Gasteiger charge is 2.63. The van der Waals surface area contributed by atoms with Crippen LogP contribution in [-0.2, 0) is 24.3 Å². The van der Waals surface area contributed by atoms with Gasteiger partial charge in [0, 0.05) is 25.3 Å². The standard InChI is InChI=1S/C16H14N6O5/c1-20-12-9(13(23)21(2)15(20)25)16(10(22(26)27)11(17)19-12)7-5-3-4-6-8(7)18-14(16)24/h3-6,19H,17H2,1-2H3,(H,18,24)/t16-/m0/s1. The lowest BCUT2D eigenvalue weighted by molar-refractivity contribution is -0.433. The Kier molecular flexibility index (Phi) is 3.11. The molecule has 0 saturated heterocycles. The molecule has 27 heavy (non-hydrogen) atoms. The molecule has 0 fully saturated rings. The minimum Gasteiger partial charge on any atom is -0.380 e. The number of carbonyl (C=O) groups is 1. The van der Waals surface area contributed by atoms with Crippen LogP contribution in [0.5, 0.6) is 0 Å². The molecule has 2 aliphatic rings. The number of fused-ring (bicyclic) bond motifs is 4. The number of nitrogens with two attached hydrogens (primary N) is 1. The summed E-state index contributed by atoms with van der Waals surface area (Å²) in [5.74, 6) is -1.25. The fourth-order valence-electron chi connectivity index (χ4n) is 3.81. The van der Waals surface area contributed by atoms with Crippen molar-refractivity contribution in [3.8, 4) is 0 Å². The van der Waals surface area contributed by atoms with Crippen LogP contribution in [0, 0.1) is 10.1 Å². The number of benzene rings is 1. The summed E-state index contributed by atoms with van der Waals surface area (Å²) in [5.41, 5.74) is 2.01. The van der Waals surface area contributed by atoms with E-state index in [1.165, 1.54) is 20.2 Å². The Bertz CT molecular complexity index is 1210. The number of hydrogen-bond acceptors (Lipinski definition) is 7. The number of rotatable bonds is 1. The third-order valence-corrected chi connectivity index (χ3v) is 5.01. The van der Waals surface area contributed by atoms with Crippen molar-refractivity contribution in [1.82, 2.24) is 9.13 Å². The number of anilines is 2. The van der Waals surface area contributed by atoms with Crippen molar-refractivity contribution >= 4 is 17.4 Å². The number of para-hydroxylation sites is 1. The Morgan fingerprint density at radius 3 is 2.44 bits per heavy atom. The summed E-state index contributed by atoms with van der Waals surface area (Å²) in [7, 11) is 2.62. The molecule has 3 heterocycles. The fourth-order valence-corrected chi connectivity index (χ4v) is 3.81. The van der Waals surface area contributed by atoms with Crippen molar-refractivity contribution in [2.75, 3.05) is 10.6 Å². The minimum absolute atomic E-state index is 0.0574. The van der Waals surface area contributed by atoms with Crippen molar-refractivity contribution in [3.63, 3.8) is 0 Å². The van der Waals surface area contributed by atoms with Gasteiger partial charge in [0.15, 0.2) is 5.82 Å². The highest BCUT2D eigenvalue weighted by molar-refractivity contribution is 6.12. The van der Waals surface area contributed by atoms with E-state index >= 15 is 0 Å². The molecule has 2 aliphatic heterocycles. The zero-order chi connectivity index (χ0) is 19.7. The normalized spacial score (nSPS) is 20.1. The number of nitrogens with zero attached hydrogens (tertiary/aromatic N) is 3. The molecule has 1 amide bonds. The van der Waals surface area contributed by atoms with Crippen molar-refractivity contribution in [1.29, 1.82) is 0 Å². The van der Waals surface area contributed by atoms with Crippen LogP contribution in [0.3, 0.4) is 0 Å². The van der Waals surface area contributed by atoms with Gasteiger partial charge < -0.3 is 16.4 Å². The molecular weight excluding hydrogens is 356 g/mol. The van der Waals surface area contributed by atoms with Gasteiger partial charge in [-0.1, -0.05) is 18.2 Å². The molecule has 4 N–H and O–H groups in total. The van der Waals surface area contributed by atoms with E-state index < -0.39 is 39.0 Å². The van der Waals surface area contributed by atoms with Crippen LogP contribution >= 0.6 is 0 Å². The Balaban J connectivity index is 2.30. The molecule has 2 aromatic rings. The Morgan fingerprint density at radius 2 is 1.78 bits per heavy atom. The molecule has 1 aromatic carbocycles. The Hall–Kier alpha value is -3.89. The van der Waals surface area contributed by atoms with Gasteiger partial charge in [-0.05, 0) is 6.07 Å². The maximum atomic E-state index is 13.1. The maximum Gasteiger partial charge on any atom is 0.332 e. The van der Waals surface area contributed by atoms with Gasteiger partial charge in [0.2, 0.25) is 5.41 Å². The molecule has 0 bridgehead atoms. The maximum absolute atomic E-state index is 13.1. The molecule has 1 atom stereocenters. The number of carbonyl (C=O) groups excluding carboxylic acids is 1. The van der Waals surface area contributed by atoms with Crippen molar-refractivity contribution in [2.45, 2.75) is 5.41 Å². The second-order valence-electron chi connectivity index (χ2n) is 6.32. The average molecular weight is 370 g/mol. The molecular formula is C16H14N6O5. The molecule has 0 radical (unpaired) electrons. The van der Waals surface area contributed by atoms with Gasteiger partial charge >= 0.3 is 11.4 Å². The van der Waals surface area contributed by atoms with E-state index in [1.54, 1.807) is 18.2 Å². The number of amides is 1. The second-order valence-corrected chi connectivity index (χ2v) is 6.32. The second kappa shape index (κ2) is 5.06. The predicted octanol–water partition coefficient (Wildman–Crippen LogP) is -0.848. The van der Waals surface area contributed by atoms with Gasteiger partial charge in [-0.3, -0.25) is 28.8 Å². The summed E-state index contributed by atoms with van der Waals surface area (Å²) >= 11 is 0. The van der Waals surface area contributed by atoms with Gasteiger partial charge in [0.25, 0.3) is 11.5 Å². The molecule has 0 saturated carbocycles. The highest BCUT2D eigenvalue weighted by Crippen LogP contribution is 2.50. The summed E-state index contributed by atoms with van der Waals surface area (Å²) in [6, 6.07) is 6.34. The van der Waals surface area contributed by atoms with Crippen LogP contribution in [0.2, 0.25) is 0 Å². The third kappa shape index (κ3) is 1.77. The molecule has 1 spiro atoms. The number of aromatic nitrogens is 2. The van der Waals surface area contributed by atoms with E-state index in [1.807, 2.05) is 0 Å². The van der Waals surface area contributed by atoms with Gasteiger partial charge in [0.05, 0.1) is 10.5 Å². The topological polar surface area (TPSA) is 154 Å². The first kappa shape index (κ1) is 16.6. The summed E-state index contributed by atoms with van der Waals surface area (Å²) in [6.45, 7) is 0. The molecule has 4 rings (SSSR count). The van der Waals surface area contributed by atoms with Crippen LogP contribution in [0.1, 0.15) is 11.1 Å². The van der Waals surface area contributed by atoms with Gasteiger partial charge in [-0.15, -0.1) is 0 Å². The lowest BCUT2D eigenvalue weighted by atomic mass is 9.71. The Labute approximate surface area is 150 Å². The first-order valence-electron chi connectivity index (χ1n) is 7.86. The summed E-state index contributed by atoms with van der Waals surface area (Å²) in [5, 5.41) is 17.1. The third-order valence-electron chi connectivity index (χ3n) is 5.01. The molecule has 138 valence electrons. The van der Waals surface area contributed by atoms with E-state index in [-0.39, 0.29) is 16.9 Å². The van der Waals surface area contributed by atoms with Gasteiger partial charge in [-0.2, -0.15) is 0 Å². The van der Waals surface area contributed by atoms with Crippen molar-refractivity contribution in [2.24, 2.45) is 19.8 Å². The van der Waals surface area contributed by atoms with E-state index in [0.29, 0.717) is 5.69 Å². The van der Waals surface area contributed by atoms with E-state index in [4.69, 9.17) is 5.73 Å². The highest BCUT2D eigenvalue weighted by atomic mass is 16.6. The number of nitrogens with one attached hydrogen (secondary N) is 2. The van der Waals surface area contributed by atoms with Crippen LogP contribution in [0.15, 0.2) is 45.4 Å². The average Bonchev–Trinajstić information content (AvgIpc) is 2.90. The zero-order valence-electron chi connectivity index (χ0n) is 14.3. The lowest BCUT2D eigenvalue weighted by Crippen LogP contribution is -2.53. The van der Waals surface area contributed by atoms with Crippen LogP contribution in [0.4, 0.5) is 11.5 Å². The number of nitro groups is 1. The molecule has 0 aliphatic carbocycles. The quantitative estimate of drug-likeness (QED) is 0.436. The largest absolute Gasteiger partial charge is 0.380 e. The van der Waals surface area contributed by atoms with E-state index in [0.717, 1.165) is 9.13 Å². The van der Waals surface area contributed by atoms with Gasteiger partial charge in [-0.25, -0.2) is 4.79 Å². The number of hydrogen-bond donors (Lipinski definition) is 3. The first-order chi connectivity index (χ1) is 12.7.